The van der Waals surface area contributed by atoms with Crippen LogP contribution in [-0.2, 0) is 0 Å². The van der Waals surface area contributed by atoms with E-state index in [9.17, 15) is 4.79 Å². The Labute approximate surface area is 168 Å². The van der Waals surface area contributed by atoms with Crippen molar-refractivity contribution in [1.29, 1.82) is 0 Å². The van der Waals surface area contributed by atoms with E-state index in [1.54, 1.807) is 6.20 Å². The molecule has 144 valence electrons. The SMILES string of the molecule is O=C(c1c[nH]c2ccccc12)[C@@H](Nc1ccc2c(c1)OCCO2)c1ccccc1. The third kappa shape index (κ3) is 3.31. The molecule has 1 aliphatic heterocycles. The molecule has 0 amide bonds. The topological polar surface area (TPSA) is 63.4 Å². The molecule has 0 unspecified atom stereocenters. The van der Waals surface area contributed by atoms with Gasteiger partial charge < -0.3 is 19.8 Å². The average molecular weight is 384 g/mol. The monoisotopic (exact) mass is 384 g/mol. The highest BCUT2D eigenvalue weighted by molar-refractivity contribution is 6.11. The van der Waals surface area contributed by atoms with Crippen LogP contribution in [0.5, 0.6) is 11.5 Å². The number of carbonyl (C=O) groups excluding carboxylic acids is 1. The van der Waals surface area contributed by atoms with Crippen molar-refractivity contribution in [1.82, 2.24) is 4.98 Å². The number of aromatic amines is 1. The van der Waals surface area contributed by atoms with Gasteiger partial charge in [-0.25, -0.2) is 0 Å². The standard InChI is InChI=1S/C24H20N2O3/c27-24(19-15-25-20-9-5-4-8-18(19)20)23(16-6-2-1-3-7-16)26-17-10-11-21-22(14-17)29-13-12-28-21/h1-11,14-15,23,25-26H,12-13H2/t23-/m0/s1. The predicted molar refractivity (Wildman–Crippen MR) is 113 cm³/mol. The van der Waals surface area contributed by atoms with E-state index in [1.165, 1.54) is 0 Å². The second-order valence-corrected chi connectivity index (χ2v) is 6.96. The molecule has 5 rings (SSSR count). The maximum absolute atomic E-state index is 13.6. The lowest BCUT2D eigenvalue weighted by atomic mass is 9.96. The summed E-state index contributed by atoms with van der Waals surface area (Å²) in [5.74, 6) is 1.41. The number of Topliss-reactive ketones (excluding diaryl/α,β-unsaturated/α-hetero) is 1. The number of para-hydroxylation sites is 1. The van der Waals surface area contributed by atoms with Gasteiger partial charge in [0.2, 0.25) is 0 Å². The number of ether oxygens (including phenoxy) is 2. The van der Waals surface area contributed by atoms with E-state index in [0.29, 0.717) is 24.5 Å². The summed E-state index contributed by atoms with van der Waals surface area (Å²) >= 11 is 0. The van der Waals surface area contributed by atoms with Gasteiger partial charge in [-0.2, -0.15) is 0 Å². The van der Waals surface area contributed by atoms with Crippen LogP contribution in [0.25, 0.3) is 10.9 Å². The third-order valence-corrected chi connectivity index (χ3v) is 5.10. The molecule has 0 aliphatic carbocycles. The lowest BCUT2D eigenvalue weighted by Gasteiger charge is -2.22. The number of nitrogens with one attached hydrogen (secondary N) is 2. The first-order chi connectivity index (χ1) is 14.3. The summed E-state index contributed by atoms with van der Waals surface area (Å²) in [6.45, 7) is 1.07. The van der Waals surface area contributed by atoms with Gasteiger partial charge in [0.15, 0.2) is 17.3 Å². The molecular weight excluding hydrogens is 364 g/mol. The molecule has 1 atom stereocenters. The molecule has 2 heterocycles. The van der Waals surface area contributed by atoms with Gasteiger partial charge in [0.1, 0.15) is 19.3 Å². The van der Waals surface area contributed by atoms with Crippen molar-refractivity contribution < 1.29 is 14.3 Å². The Bertz CT molecular complexity index is 1170. The van der Waals surface area contributed by atoms with Crippen molar-refractivity contribution in [3.05, 3.63) is 90.1 Å². The summed E-state index contributed by atoms with van der Waals surface area (Å²) in [7, 11) is 0. The smallest absolute Gasteiger partial charge is 0.191 e. The van der Waals surface area contributed by atoms with Crippen LogP contribution in [0, 0.1) is 0 Å². The number of fused-ring (bicyclic) bond motifs is 2. The van der Waals surface area contributed by atoms with Crippen LogP contribution in [0.1, 0.15) is 22.0 Å². The first kappa shape index (κ1) is 17.4. The van der Waals surface area contributed by atoms with Crippen LogP contribution >= 0.6 is 0 Å². The fourth-order valence-corrected chi connectivity index (χ4v) is 3.68. The summed E-state index contributed by atoms with van der Waals surface area (Å²) in [6, 6.07) is 22.7. The summed E-state index contributed by atoms with van der Waals surface area (Å²) in [5, 5.41) is 4.32. The van der Waals surface area contributed by atoms with Gasteiger partial charge >= 0.3 is 0 Å². The van der Waals surface area contributed by atoms with Crippen LogP contribution in [-0.4, -0.2) is 24.0 Å². The van der Waals surface area contributed by atoms with E-state index < -0.39 is 6.04 Å². The second-order valence-electron chi connectivity index (χ2n) is 6.96. The number of carbonyl (C=O) groups is 1. The van der Waals surface area contributed by atoms with Gasteiger partial charge in [-0.1, -0.05) is 48.5 Å². The number of benzene rings is 3. The van der Waals surface area contributed by atoms with Crippen molar-refractivity contribution in [3.8, 4) is 11.5 Å². The molecule has 0 radical (unpaired) electrons. The molecule has 2 N–H and O–H groups in total. The fourth-order valence-electron chi connectivity index (χ4n) is 3.68. The lowest BCUT2D eigenvalue weighted by molar-refractivity contribution is 0.0971. The van der Waals surface area contributed by atoms with Crippen molar-refractivity contribution in [2.24, 2.45) is 0 Å². The van der Waals surface area contributed by atoms with Gasteiger partial charge in [-0.15, -0.1) is 0 Å². The van der Waals surface area contributed by atoms with Gasteiger partial charge in [-0.05, 0) is 23.8 Å². The Morgan fingerprint density at radius 2 is 1.66 bits per heavy atom. The zero-order valence-corrected chi connectivity index (χ0v) is 15.7. The molecule has 1 aliphatic rings. The predicted octanol–water partition coefficient (Wildman–Crippen LogP) is 4.98. The van der Waals surface area contributed by atoms with E-state index in [0.717, 1.165) is 27.9 Å². The van der Waals surface area contributed by atoms with Gasteiger partial charge in [0.05, 0.1) is 0 Å². The van der Waals surface area contributed by atoms with Gasteiger partial charge in [0, 0.05) is 34.4 Å². The quantitative estimate of drug-likeness (QED) is 0.477. The van der Waals surface area contributed by atoms with Crippen LogP contribution < -0.4 is 14.8 Å². The number of hydrogen-bond donors (Lipinski definition) is 2. The van der Waals surface area contributed by atoms with E-state index >= 15 is 0 Å². The van der Waals surface area contributed by atoms with Crippen molar-refractivity contribution >= 4 is 22.4 Å². The first-order valence-corrected chi connectivity index (χ1v) is 9.61. The molecule has 3 aromatic carbocycles. The number of H-pyrrole nitrogens is 1. The summed E-state index contributed by atoms with van der Waals surface area (Å²) in [6.07, 6.45) is 1.79. The van der Waals surface area contributed by atoms with Crippen molar-refractivity contribution in [3.63, 3.8) is 0 Å². The van der Waals surface area contributed by atoms with Gasteiger partial charge in [0.25, 0.3) is 0 Å². The Kier molecular flexibility index (Phi) is 4.41. The molecule has 0 saturated carbocycles. The van der Waals surface area contributed by atoms with E-state index in [1.807, 2.05) is 72.8 Å². The van der Waals surface area contributed by atoms with Crippen molar-refractivity contribution in [2.45, 2.75) is 6.04 Å². The zero-order chi connectivity index (χ0) is 19.6. The van der Waals surface area contributed by atoms with Crippen molar-refractivity contribution in [2.75, 3.05) is 18.5 Å². The minimum absolute atomic E-state index is 0.00328. The Balaban J connectivity index is 1.53. The molecule has 29 heavy (non-hydrogen) atoms. The number of hydrogen-bond acceptors (Lipinski definition) is 4. The maximum Gasteiger partial charge on any atom is 0.191 e. The molecule has 5 heteroatoms. The summed E-state index contributed by atoms with van der Waals surface area (Å²) in [4.78, 5) is 16.8. The van der Waals surface area contributed by atoms with Gasteiger partial charge in [-0.3, -0.25) is 4.79 Å². The third-order valence-electron chi connectivity index (χ3n) is 5.10. The Morgan fingerprint density at radius 1 is 0.897 bits per heavy atom. The highest BCUT2D eigenvalue weighted by Gasteiger charge is 2.25. The largest absolute Gasteiger partial charge is 0.486 e. The minimum Gasteiger partial charge on any atom is -0.486 e. The zero-order valence-electron chi connectivity index (χ0n) is 15.7. The van der Waals surface area contributed by atoms with E-state index in [4.69, 9.17) is 9.47 Å². The number of rotatable bonds is 5. The lowest BCUT2D eigenvalue weighted by Crippen LogP contribution is -2.21. The fraction of sp³-hybridized carbons (Fsp3) is 0.125. The first-order valence-electron chi connectivity index (χ1n) is 9.61. The number of ketones is 1. The number of aromatic nitrogens is 1. The molecule has 0 fully saturated rings. The molecule has 1 aromatic heterocycles. The molecule has 0 saturated heterocycles. The van der Waals surface area contributed by atoms with Crippen LogP contribution in [0.2, 0.25) is 0 Å². The Morgan fingerprint density at radius 3 is 2.52 bits per heavy atom. The second kappa shape index (κ2) is 7.36. The highest BCUT2D eigenvalue weighted by Crippen LogP contribution is 2.35. The molecule has 5 nitrogen and oxygen atoms in total. The molecule has 0 bridgehead atoms. The maximum atomic E-state index is 13.6. The minimum atomic E-state index is -0.530. The number of anilines is 1. The molecular formula is C24H20N2O3. The average Bonchev–Trinajstić information content (AvgIpc) is 3.22. The molecule has 4 aromatic rings. The van der Waals surface area contributed by atoms with Crippen LogP contribution in [0.15, 0.2) is 79.0 Å². The Hall–Kier alpha value is -3.73. The highest BCUT2D eigenvalue weighted by atomic mass is 16.6. The van der Waals surface area contributed by atoms with Crippen LogP contribution in [0.4, 0.5) is 5.69 Å². The van der Waals surface area contributed by atoms with E-state index in [-0.39, 0.29) is 5.78 Å². The van der Waals surface area contributed by atoms with E-state index in [2.05, 4.69) is 10.3 Å². The molecule has 0 spiro atoms. The summed E-state index contributed by atoms with van der Waals surface area (Å²) < 4.78 is 11.3. The van der Waals surface area contributed by atoms with Crippen LogP contribution in [0.3, 0.4) is 0 Å². The summed E-state index contributed by atoms with van der Waals surface area (Å²) in [5.41, 5.74) is 3.32. The normalized spacial score (nSPS) is 13.8.